The van der Waals surface area contributed by atoms with Crippen LogP contribution in [-0.2, 0) is 6.42 Å². The van der Waals surface area contributed by atoms with Gasteiger partial charge in [-0.25, -0.2) is 0 Å². The summed E-state index contributed by atoms with van der Waals surface area (Å²) in [6.07, 6.45) is 2.81. The van der Waals surface area contributed by atoms with Crippen molar-refractivity contribution in [1.82, 2.24) is 4.98 Å². The van der Waals surface area contributed by atoms with Gasteiger partial charge in [0.2, 0.25) is 0 Å². The number of Topliss-reactive ketones (excluding diaryl/α,β-unsaturated/α-hetero) is 1. The molecule has 1 aromatic heterocycles. The standard InChI is InChI=1S/C19H24N2O/c1-6-14-8-7-9-15(10-14)16-11-17(21(4)5)18(20-12-16)19(22)13(2)3/h7-13H,6H2,1-5H3. The van der Waals surface area contributed by atoms with E-state index < -0.39 is 0 Å². The summed E-state index contributed by atoms with van der Waals surface area (Å²) in [6, 6.07) is 10.5. The van der Waals surface area contributed by atoms with E-state index in [1.54, 1.807) is 6.20 Å². The number of carbonyl (C=O) groups is 1. The molecule has 0 spiro atoms. The van der Waals surface area contributed by atoms with Crippen LogP contribution < -0.4 is 4.90 Å². The van der Waals surface area contributed by atoms with Gasteiger partial charge in [0.1, 0.15) is 5.69 Å². The van der Waals surface area contributed by atoms with Crippen LogP contribution in [0.15, 0.2) is 36.5 Å². The summed E-state index contributed by atoms with van der Waals surface area (Å²) in [6.45, 7) is 5.96. The molecule has 0 N–H and O–H groups in total. The van der Waals surface area contributed by atoms with Crippen LogP contribution in [-0.4, -0.2) is 24.9 Å². The lowest BCUT2D eigenvalue weighted by Crippen LogP contribution is -2.18. The fourth-order valence-corrected chi connectivity index (χ4v) is 2.39. The summed E-state index contributed by atoms with van der Waals surface area (Å²) < 4.78 is 0. The number of nitrogens with zero attached hydrogens (tertiary/aromatic N) is 2. The molecule has 1 heterocycles. The van der Waals surface area contributed by atoms with Crippen LogP contribution in [0, 0.1) is 5.92 Å². The highest BCUT2D eigenvalue weighted by Gasteiger charge is 2.18. The lowest BCUT2D eigenvalue weighted by Gasteiger charge is -2.18. The zero-order chi connectivity index (χ0) is 16.3. The molecule has 0 atom stereocenters. The largest absolute Gasteiger partial charge is 0.376 e. The second-order valence-electron chi connectivity index (χ2n) is 6.06. The van der Waals surface area contributed by atoms with Gasteiger partial charge in [-0.3, -0.25) is 9.78 Å². The third kappa shape index (κ3) is 3.35. The van der Waals surface area contributed by atoms with Gasteiger partial charge in [-0.2, -0.15) is 0 Å². The predicted octanol–water partition coefficient (Wildman–Crippen LogP) is 4.22. The molecule has 3 heteroatoms. The van der Waals surface area contributed by atoms with E-state index in [0.29, 0.717) is 5.69 Å². The van der Waals surface area contributed by atoms with Crippen molar-refractivity contribution in [2.45, 2.75) is 27.2 Å². The molecule has 0 fully saturated rings. The van der Waals surface area contributed by atoms with Gasteiger partial charge in [0.05, 0.1) is 5.69 Å². The topological polar surface area (TPSA) is 33.2 Å². The van der Waals surface area contributed by atoms with Crippen molar-refractivity contribution in [2.75, 3.05) is 19.0 Å². The van der Waals surface area contributed by atoms with E-state index in [-0.39, 0.29) is 11.7 Å². The van der Waals surface area contributed by atoms with Gasteiger partial charge >= 0.3 is 0 Å². The normalized spacial score (nSPS) is 10.8. The first-order valence-electron chi connectivity index (χ1n) is 7.75. The number of rotatable bonds is 5. The third-order valence-electron chi connectivity index (χ3n) is 3.78. The summed E-state index contributed by atoms with van der Waals surface area (Å²) in [5.74, 6) is 0.0260. The molecule has 0 bridgehead atoms. The Hall–Kier alpha value is -2.16. The summed E-state index contributed by atoms with van der Waals surface area (Å²) in [5, 5.41) is 0. The van der Waals surface area contributed by atoms with Crippen molar-refractivity contribution >= 4 is 11.5 Å². The molecule has 0 amide bonds. The molecule has 0 aliphatic heterocycles. The van der Waals surface area contributed by atoms with Gasteiger partial charge in [0, 0.05) is 31.8 Å². The van der Waals surface area contributed by atoms with E-state index in [0.717, 1.165) is 23.2 Å². The van der Waals surface area contributed by atoms with Crippen molar-refractivity contribution in [2.24, 2.45) is 5.92 Å². The molecule has 116 valence electrons. The molecule has 0 unspecified atom stereocenters. The molecule has 1 aromatic carbocycles. The minimum atomic E-state index is -0.0551. The van der Waals surface area contributed by atoms with E-state index in [4.69, 9.17) is 0 Å². The van der Waals surface area contributed by atoms with E-state index >= 15 is 0 Å². The molecule has 0 saturated carbocycles. The lowest BCUT2D eigenvalue weighted by atomic mass is 10.00. The Kier molecular flexibility index (Phi) is 4.96. The molecule has 0 saturated heterocycles. The zero-order valence-electron chi connectivity index (χ0n) is 14.1. The summed E-state index contributed by atoms with van der Waals surface area (Å²) in [5.41, 5.74) is 4.90. The first-order valence-corrected chi connectivity index (χ1v) is 7.75. The number of ketones is 1. The second kappa shape index (κ2) is 6.73. The van der Waals surface area contributed by atoms with Gasteiger partial charge in [-0.05, 0) is 23.6 Å². The Morgan fingerprint density at radius 2 is 1.91 bits per heavy atom. The fourth-order valence-electron chi connectivity index (χ4n) is 2.39. The Morgan fingerprint density at radius 1 is 1.18 bits per heavy atom. The lowest BCUT2D eigenvalue weighted by molar-refractivity contribution is 0.0935. The van der Waals surface area contributed by atoms with Gasteiger partial charge in [0.15, 0.2) is 5.78 Å². The van der Waals surface area contributed by atoms with Gasteiger partial charge in [-0.15, -0.1) is 0 Å². The highest BCUT2D eigenvalue weighted by atomic mass is 16.1. The molecule has 0 radical (unpaired) electrons. The minimum absolute atomic E-state index is 0.0551. The summed E-state index contributed by atoms with van der Waals surface area (Å²) >= 11 is 0. The van der Waals surface area contributed by atoms with Crippen molar-refractivity contribution < 1.29 is 4.79 Å². The first kappa shape index (κ1) is 16.2. The van der Waals surface area contributed by atoms with Crippen LogP contribution >= 0.6 is 0 Å². The van der Waals surface area contributed by atoms with E-state index in [2.05, 4.69) is 42.2 Å². The Morgan fingerprint density at radius 3 is 2.50 bits per heavy atom. The zero-order valence-corrected chi connectivity index (χ0v) is 14.1. The maximum absolute atomic E-state index is 12.3. The van der Waals surface area contributed by atoms with Crippen LogP contribution in [0.5, 0.6) is 0 Å². The van der Waals surface area contributed by atoms with Crippen molar-refractivity contribution in [1.29, 1.82) is 0 Å². The van der Waals surface area contributed by atoms with Crippen LogP contribution in [0.4, 0.5) is 5.69 Å². The number of carbonyl (C=O) groups excluding carboxylic acids is 1. The Labute approximate surface area is 133 Å². The maximum Gasteiger partial charge on any atom is 0.185 e. The van der Waals surface area contributed by atoms with E-state index in [9.17, 15) is 4.79 Å². The smallest absolute Gasteiger partial charge is 0.185 e. The number of pyridine rings is 1. The van der Waals surface area contributed by atoms with Crippen LogP contribution in [0.1, 0.15) is 36.8 Å². The average molecular weight is 296 g/mol. The molecule has 3 nitrogen and oxygen atoms in total. The van der Waals surface area contributed by atoms with E-state index in [1.807, 2.05) is 32.8 Å². The van der Waals surface area contributed by atoms with Crippen LogP contribution in [0.25, 0.3) is 11.1 Å². The average Bonchev–Trinajstić information content (AvgIpc) is 2.53. The molecule has 2 rings (SSSR count). The number of hydrogen-bond acceptors (Lipinski definition) is 3. The van der Waals surface area contributed by atoms with Gasteiger partial charge < -0.3 is 4.90 Å². The fraction of sp³-hybridized carbons (Fsp3) is 0.368. The predicted molar refractivity (Wildman–Crippen MR) is 92.5 cm³/mol. The number of aryl methyl sites for hydroxylation is 1. The number of benzene rings is 1. The molecule has 0 aliphatic rings. The number of hydrogen-bond donors (Lipinski definition) is 0. The molecular weight excluding hydrogens is 272 g/mol. The summed E-state index contributed by atoms with van der Waals surface area (Å²) in [4.78, 5) is 18.7. The number of aromatic nitrogens is 1. The van der Waals surface area contributed by atoms with Crippen molar-refractivity contribution in [3.8, 4) is 11.1 Å². The van der Waals surface area contributed by atoms with Gasteiger partial charge in [0.25, 0.3) is 0 Å². The molecule has 2 aromatic rings. The second-order valence-corrected chi connectivity index (χ2v) is 6.06. The van der Waals surface area contributed by atoms with Crippen molar-refractivity contribution in [3.63, 3.8) is 0 Å². The highest BCUT2D eigenvalue weighted by Crippen LogP contribution is 2.27. The van der Waals surface area contributed by atoms with Crippen LogP contribution in [0.3, 0.4) is 0 Å². The Balaban J connectivity index is 2.51. The van der Waals surface area contributed by atoms with E-state index in [1.165, 1.54) is 5.56 Å². The quantitative estimate of drug-likeness (QED) is 0.775. The monoisotopic (exact) mass is 296 g/mol. The minimum Gasteiger partial charge on any atom is -0.376 e. The maximum atomic E-state index is 12.3. The van der Waals surface area contributed by atoms with Crippen molar-refractivity contribution in [3.05, 3.63) is 47.8 Å². The highest BCUT2D eigenvalue weighted by molar-refractivity contribution is 6.01. The number of anilines is 1. The van der Waals surface area contributed by atoms with Gasteiger partial charge in [-0.1, -0.05) is 45.0 Å². The Bertz CT molecular complexity index is 675. The van der Waals surface area contributed by atoms with Crippen LogP contribution in [0.2, 0.25) is 0 Å². The summed E-state index contributed by atoms with van der Waals surface area (Å²) in [7, 11) is 3.89. The molecule has 0 aliphatic carbocycles. The first-order chi connectivity index (χ1) is 10.4. The molecule has 22 heavy (non-hydrogen) atoms. The third-order valence-corrected chi connectivity index (χ3v) is 3.78. The molecular formula is C19H24N2O. The SMILES string of the molecule is CCc1cccc(-c2cnc(C(=O)C(C)C)c(N(C)C)c2)c1.